The standard InChI is InChI=1S/C29H44O5/c1-22(30)11-5-2-3-8-14-25-26(28(32)21-27(25)31)19-18-24(34-29-15-9-10-20-33-29)17-16-23-12-6-4-7-13-23/h3-4,6-8,12-13,24-29,31-32H,2,5,9-11,14-21H2,1H3/b8-3-/t24-,25+,26+,27-,28+,29?/m0/s1. The fraction of sp³-hybridized carbons (Fsp3) is 0.690. The summed E-state index contributed by atoms with van der Waals surface area (Å²) >= 11 is 0. The van der Waals surface area contributed by atoms with Crippen LogP contribution >= 0.6 is 0 Å². The zero-order valence-electron chi connectivity index (χ0n) is 20.8. The van der Waals surface area contributed by atoms with Crippen molar-refractivity contribution < 1.29 is 24.5 Å². The number of rotatable bonds is 14. The molecule has 1 heterocycles. The van der Waals surface area contributed by atoms with Gasteiger partial charge in [0.1, 0.15) is 5.78 Å². The average Bonchev–Trinajstić information content (AvgIpc) is 3.11. The Bertz CT molecular complexity index is 727. The van der Waals surface area contributed by atoms with Crippen LogP contribution in [0.5, 0.6) is 0 Å². The number of aliphatic hydroxyl groups is 2. The Morgan fingerprint density at radius 3 is 2.65 bits per heavy atom. The number of carbonyl (C=O) groups excluding carboxylic acids is 1. The van der Waals surface area contributed by atoms with Gasteiger partial charge in [-0.2, -0.15) is 0 Å². The SMILES string of the molecule is CC(=O)CCC/C=C\C[C@@H]1[C@@H](CC[C@H](CCc2ccccc2)OC2CCCCO2)[C@H](O)C[C@@H]1O. The number of ketones is 1. The van der Waals surface area contributed by atoms with E-state index in [1.54, 1.807) is 6.92 Å². The first-order valence-electron chi connectivity index (χ1n) is 13.3. The summed E-state index contributed by atoms with van der Waals surface area (Å²) in [5, 5.41) is 21.3. The third kappa shape index (κ3) is 9.26. The third-order valence-corrected chi connectivity index (χ3v) is 7.40. The highest BCUT2D eigenvalue weighted by Crippen LogP contribution is 2.39. The van der Waals surface area contributed by atoms with E-state index in [9.17, 15) is 15.0 Å². The second-order valence-corrected chi connectivity index (χ2v) is 10.2. The Kier molecular flexibility index (Phi) is 11.8. The highest BCUT2D eigenvalue weighted by molar-refractivity contribution is 5.75. The molecule has 0 amide bonds. The largest absolute Gasteiger partial charge is 0.393 e. The summed E-state index contributed by atoms with van der Waals surface area (Å²) in [7, 11) is 0. The van der Waals surface area contributed by atoms with E-state index in [4.69, 9.17) is 9.47 Å². The van der Waals surface area contributed by atoms with Crippen molar-refractivity contribution in [3.05, 3.63) is 48.0 Å². The molecule has 2 aliphatic rings. The van der Waals surface area contributed by atoms with Crippen LogP contribution in [-0.2, 0) is 20.7 Å². The number of aryl methyl sites for hydroxylation is 1. The summed E-state index contributed by atoms with van der Waals surface area (Å²) in [5.74, 6) is 0.372. The highest BCUT2D eigenvalue weighted by atomic mass is 16.7. The molecular weight excluding hydrogens is 428 g/mol. The molecule has 0 spiro atoms. The van der Waals surface area contributed by atoms with Gasteiger partial charge in [-0.1, -0.05) is 42.5 Å². The zero-order chi connectivity index (χ0) is 24.2. The number of ether oxygens (including phenoxy) is 2. The van der Waals surface area contributed by atoms with Crippen molar-refractivity contribution in [1.82, 2.24) is 0 Å². The number of hydrogen-bond donors (Lipinski definition) is 2. The minimum atomic E-state index is -0.466. The van der Waals surface area contributed by atoms with Gasteiger partial charge in [-0.15, -0.1) is 0 Å². The lowest BCUT2D eigenvalue weighted by atomic mass is 9.85. The lowest BCUT2D eigenvalue weighted by Gasteiger charge is -2.30. The molecule has 6 atom stereocenters. The molecule has 5 nitrogen and oxygen atoms in total. The number of benzene rings is 1. The first kappa shape index (κ1) is 27.1. The summed E-state index contributed by atoms with van der Waals surface area (Å²) < 4.78 is 12.3. The molecule has 1 aliphatic carbocycles. The Hall–Kier alpha value is -1.53. The normalized spacial score (nSPS) is 28.4. The molecule has 1 aromatic rings. The maximum absolute atomic E-state index is 11.1. The van der Waals surface area contributed by atoms with E-state index in [-0.39, 0.29) is 30.0 Å². The predicted octanol–water partition coefficient (Wildman–Crippen LogP) is 5.37. The van der Waals surface area contributed by atoms with Crippen molar-refractivity contribution in [2.24, 2.45) is 11.8 Å². The van der Waals surface area contributed by atoms with Crippen LogP contribution in [0.1, 0.15) is 83.1 Å². The van der Waals surface area contributed by atoms with E-state index < -0.39 is 12.2 Å². The average molecular weight is 473 g/mol. The van der Waals surface area contributed by atoms with E-state index >= 15 is 0 Å². The predicted molar refractivity (Wildman–Crippen MR) is 134 cm³/mol. The molecule has 1 aromatic carbocycles. The van der Waals surface area contributed by atoms with Crippen LogP contribution in [0.25, 0.3) is 0 Å². The van der Waals surface area contributed by atoms with E-state index in [0.717, 1.165) is 70.8 Å². The van der Waals surface area contributed by atoms with Crippen LogP contribution in [0, 0.1) is 11.8 Å². The Labute approximate surface area is 205 Å². The minimum absolute atomic E-state index is 0.0692. The Morgan fingerprint density at radius 1 is 1.12 bits per heavy atom. The molecule has 2 N–H and O–H groups in total. The Morgan fingerprint density at radius 2 is 1.91 bits per heavy atom. The summed E-state index contributed by atoms with van der Waals surface area (Å²) in [6.45, 7) is 2.40. The molecule has 1 saturated carbocycles. The van der Waals surface area contributed by atoms with Crippen LogP contribution in [0.3, 0.4) is 0 Å². The van der Waals surface area contributed by atoms with Gasteiger partial charge in [-0.3, -0.25) is 0 Å². The molecule has 34 heavy (non-hydrogen) atoms. The van der Waals surface area contributed by atoms with Gasteiger partial charge >= 0.3 is 0 Å². The van der Waals surface area contributed by atoms with E-state index in [0.29, 0.717) is 12.8 Å². The van der Waals surface area contributed by atoms with Crippen molar-refractivity contribution in [2.75, 3.05) is 6.61 Å². The van der Waals surface area contributed by atoms with E-state index in [1.807, 2.05) is 6.07 Å². The lowest BCUT2D eigenvalue weighted by molar-refractivity contribution is -0.191. The molecule has 2 fully saturated rings. The number of carbonyl (C=O) groups is 1. The maximum atomic E-state index is 11.1. The molecule has 1 unspecified atom stereocenters. The Balaban J connectivity index is 1.53. The van der Waals surface area contributed by atoms with Crippen LogP contribution in [0.4, 0.5) is 0 Å². The second kappa shape index (κ2) is 14.8. The number of allylic oxidation sites excluding steroid dienone is 2. The molecule has 0 bridgehead atoms. The van der Waals surface area contributed by atoms with Crippen molar-refractivity contribution in [3.8, 4) is 0 Å². The summed E-state index contributed by atoms with van der Waals surface area (Å²) in [6, 6.07) is 10.5. The summed E-state index contributed by atoms with van der Waals surface area (Å²) in [4.78, 5) is 11.1. The van der Waals surface area contributed by atoms with Gasteiger partial charge in [-0.25, -0.2) is 0 Å². The van der Waals surface area contributed by atoms with Crippen molar-refractivity contribution in [3.63, 3.8) is 0 Å². The van der Waals surface area contributed by atoms with Crippen molar-refractivity contribution in [2.45, 2.75) is 109 Å². The quantitative estimate of drug-likeness (QED) is 0.281. The van der Waals surface area contributed by atoms with Gasteiger partial charge in [0, 0.05) is 13.0 Å². The van der Waals surface area contributed by atoms with Crippen LogP contribution in [0.15, 0.2) is 42.5 Å². The molecule has 0 radical (unpaired) electrons. The molecule has 190 valence electrons. The summed E-state index contributed by atoms with van der Waals surface area (Å²) in [5.41, 5.74) is 1.31. The highest BCUT2D eigenvalue weighted by Gasteiger charge is 2.40. The van der Waals surface area contributed by atoms with Gasteiger partial charge in [0.25, 0.3) is 0 Å². The first-order valence-corrected chi connectivity index (χ1v) is 13.3. The molecule has 0 aromatic heterocycles. The van der Waals surface area contributed by atoms with Gasteiger partial charge in [0.2, 0.25) is 0 Å². The second-order valence-electron chi connectivity index (χ2n) is 10.2. The zero-order valence-corrected chi connectivity index (χ0v) is 20.8. The van der Waals surface area contributed by atoms with E-state index in [2.05, 4.69) is 36.4 Å². The fourth-order valence-electron chi connectivity index (χ4n) is 5.41. The summed E-state index contributed by atoms with van der Waals surface area (Å²) in [6.07, 6.45) is 13.6. The number of unbranched alkanes of at least 4 members (excludes halogenated alkanes) is 1. The molecule has 5 heteroatoms. The molecular formula is C29H44O5. The smallest absolute Gasteiger partial charge is 0.157 e. The van der Waals surface area contributed by atoms with Crippen LogP contribution in [0.2, 0.25) is 0 Å². The number of aliphatic hydroxyl groups excluding tert-OH is 2. The third-order valence-electron chi connectivity index (χ3n) is 7.40. The first-order chi connectivity index (χ1) is 16.5. The van der Waals surface area contributed by atoms with Gasteiger partial charge < -0.3 is 24.5 Å². The minimum Gasteiger partial charge on any atom is -0.393 e. The number of hydrogen-bond acceptors (Lipinski definition) is 5. The number of Topliss-reactive ketones (excluding diaryl/α,β-unsaturated/α-hetero) is 1. The topological polar surface area (TPSA) is 76.0 Å². The van der Waals surface area contributed by atoms with Crippen LogP contribution < -0.4 is 0 Å². The van der Waals surface area contributed by atoms with Gasteiger partial charge in [-0.05, 0) is 95.0 Å². The lowest BCUT2D eigenvalue weighted by Crippen LogP contribution is -2.30. The maximum Gasteiger partial charge on any atom is 0.157 e. The van der Waals surface area contributed by atoms with Crippen molar-refractivity contribution in [1.29, 1.82) is 0 Å². The van der Waals surface area contributed by atoms with Gasteiger partial charge in [0.05, 0.1) is 18.3 Å². The van der Waals surface area contributed by atoms with Crippen LogP contribution in [-0.4, -0.2) is 47.2 Å². The van der Waals surface area contributed by atoms with Gasteiger partial charge in [0.15, 0.2) is 6.29 Å². The fourth-order valence-corrected chi connectivity index (χ4v) is 5.41. The van der Waals surface area contributed by atoms with Crippen molar-refractivity contribution >= 4 is 5.78 Å². The molecule has 1 saturated heterocycles. The molecule has 3 rings (SSSR count). The molecule has 1 aliphatic heterocycles. The van der Waals surface area contributed by atoms with E-state index in [1.165, 1.54) is 5.56 Å². The monoisotopic (exact) mass is 472 g/mol.